The number of rotatable bonds is 7. The molecule has 5 fully saturated rings. The second-order valence-electron chi connectivity index (χ2n) is 16.2. The first-order valence-corrected chi connectivity index (χ1v) is 20.0. The predicted octanol–water partition coefficient (Wildman–Crippen LogP) is 4.84. The Bertz CT molecular complexity index is 2120. The van der Waals surface area contributed by atoms with Crippen molar-refractivity contribution < 1.29 is 23.9 Å². The number of fused-ring (bicyclic) bond motifs is 1. The summed E-state index contributed by atoms with van der Waals surface area (Å²) in [6, 6.07) is 14.6. The van der Waals surface area contributed by atoms with Gasteiger partial charge in [0.05, 0.1) is 29.9 Å². The average Bonchev–Trinajstić information content (AvgIpc) is 3.64. The van der Waals surface area contributed by atoms with E-state index in [0.29, 0.717) is 29.8 Å². The highest BCUT2D eigenvalue weighted by atomic mass is 35.5. The number of halogens is 1. The molecule has 7 heterocycles. The van der Waals surface area contributed by atoms with E-state index in [-0.39, 0.29) is 41.6 Å². The zero-order chi connectivity index (χ0) is 38.7. The molecule has 0 radical (unpaired) electrons. The number of piperidine rings is 3. The zero-order valence-corrected chi connectivity index (χ0v) is 32.1. The largest absolute Gasteiger partial charge is 0.371 e. The Morgan fingerprint density at radius 1 is 0.821 bits per heavy atom. The van der Waals surface area contributed by atoms with E-state index in [1.807, 2.05) is 24.3 Å². The molecule has 1 spiro atoms. The number of hydrogen-bond acceptors (Lipinski definition) is 11. The molecule has 56 heavy (non-hydrogen) atoms. The van der Waals surface area contributed by atoms with Gasteiger partial charge >= 0.3 is 0 Å². The van der Waals surface area contributed by atoms with Crippen LogP contribution in [0.15, 0.2) is 48.5 Å². The van der Waals surface area contributed by atoms with Crippen LogP contribution in [0.4, 0.5) is 28.7 Å². The lowest BCUT2D eigenvalue weighted by Gasteiger charge is -2.43. The molecule has 290 valence electrons. The summed E-state index contributed by atoms with van der Waals surface area (Å²) in [5.41, 5.74) is 3.24. The summed E-state index contributed by atoms with van der Waals surface area (Å²) >= 11 is 6.38. The van der Waals surface area contributed by atoms with Crippen molar-refractivity contribution in [2.75, 3.05) is 65.4 Å². The quantitative estimate of drug-likeness (QED) is 0.261. The van der Waals surface area contributed by atoms with Crippen molar-refractivity contribution in [1.29, 1.82) is 0 Å². The maximum Gasteiger partial charge on any atom is 0.262 e. The molecule has 0 aliphatic carbocycles. The Balaban J connectivity index is 0.725. The standard InChI is InChI=1S/C41H44ClN9O5/c1-25-21-41(24-50(25)27-4-6-33(43-2)32(42)20-27)13-17-48(18-14-41)36-9-8-35(45-46-36)47-15-11-28(12-16-47)56-29-22-49(23-29)26-3-5-30-31(19-26)40(55)51(39(30)54)34-7-10-37(52)44-38(34)53/h3-6,8-9,19-20,25,28-29,34H,7,10-18,21-24H2,1H3,(H,44,52,53)/t25-,34?/m0/s1. The van der Waals surface area contributed by atoms with E-state index < -0.39 is 29.7 Å². The lowest BCUT2D eigenvalue weighted by atomic mass is 9.77. The van der Waals surface area contributed by atoms with Crippen LogP contribution in [0.5, 0.6) is 0 Å². The maximum atomic E-state index is 13.3. The highest BCUT2D eigenvalue weighted by Crippen LogP contribution is 2.46. The number of anilines is 4. The van der Waals surface area contributed by atoms with Gasteiger partial charge in [0.25, 0.3) is 11.8 Å². The van der Waals surface area contributed by atoms with Crippen molar-refractivity contribution >= 4 is 63.9 Å². The summed E-state index contributed by atoms with van der Waals surface area (Å²) in [5, 5.41) is 12.1. The van der Waals surface area contributed by atoms with Gasteiger partial charge in [-0.05, 0) is 93.3 Å². The Kier molecular flexibility index (Phi) is 9.32. The van der Waals surface area contributed by atoms with Crippen LogP contribution in [0.1, 0.15) is 72.6 Å². The molecule has 1 unspecified atom stereocenters. The minimum Gasteiger partial charge on any atom is -0.371 e. The van der Waals surface area contributed by atoms with Gasteiger partial charge in [-0.3, -0.25) is 29.4 Å². The normalized spacial score (nSPS) is 24.1. The smallest absolute Gasteiger partial charge is 0.262 e. The van der Waals surface area contributed by atoms with Gasteiger partial charge < -0.3 is 24.3 Å². The lowest BCUT2D eigenvalue weighted by molar-refractivity contribution is -0.136. The minimum atomic E-state index is -0.977. The van der Waals surface area contributed by atoms with Gasteiger partial charge in [0.1, 0.15) is 6.04 Å². The summed E-state index contributed by atoms with van der Waals surface area (Å²) in [7, 11) is 0. The fraction of sp³-hybridized carbons (Fsp3) is 0.488. The number of imide groups is 2. The van der Waals surface area contributed by atoms with E-state index >= 15 is 0 Å². The van der Waals surface area contributed by atoms with E-state index in [4.69, 9.17) is 22.9 Å². The summed E-state index contributed by atoms with van der Waals surface area (Å²) < 4.78 is 6.47. The molecule has 15 heteroatoms. The number of nitrogens with one attached hydrogen (secondary N) is 1. The van der Waals surface area contributed by atoms with Crippen LogP contribution in [0.2, 0.25) is 5.02 Å². The molecular formula is C41H44ClN9O5. The highest BCUT2D eigenvalue weighted by molar-refractivity contribution is 6.33. The molecule has 5 saturated heterocycles. The van der Waals surface area contributed by atoms with Crippen molar-refractivity contribution in [3.63, 3.8) is 0 Å². The molecule has 2 atom stereocenters. The van der Waals surface area contributed by atoms with Gasteiger partial charge in [-0.2, -0.15) is 0 Å². The number of carbonyl (C=O) groups is 4. The molecule has 4 amide bonds. The van der Waals surface area contributed by atoms with Crippen LogP contribution in [-0.4, -0.2) is 109 Å². The van der Waals surface area contributed by atoms with Gasteiger partial charge in [-0.25, -0.2) is 4.85 Å². The zero-order valence-electron chi connectivity index (χ0n) is 31.3. The van der Waals surface area contributed by atoms with Crippen molar-refractivity contribution in [3.05, 3.63) is 76.1 Å². The van der Waals surface area contributed by atoms with E-state index in [0.717, 1.165) is 92.7 Å². The van der Waals surface area contributed by atoms with E-state index in [2.05, 4.69) is 59.0 Å². The van der Waals surface area contributed by atoms with Gasteiger partial charge in [-0.15, -0.1) is 10.2 Å². The van der Waals surface area contributed by atoms with E-state index in [9.17, 15) is 19.2 Å². The van der Waals surface area contributed by atoms with Crippen LogP contribution >= 0.6 is 11.6 Å². The second-order valence-corrected chi connectivity index (χ2v) is 16.6. The molecule has 3 aromatic rings. The summed E-state index contributed by atoms with van der Waals surface area (Å²) in [5.74, 6) is -0.194. The Morgan fingerprint density at radius 2 is 1.50 bits per heavy atom. The Hall–Kier alpha value is -5.26. The summed E-state index contributed by atoms with van der Waals surface area (Å²) in [4.78, 5) is 64.0. The Morgan fingerprint density at radius 3 is 2.16 bits per heavy atom. The number of ether oxygens (including phenoxy) is 1. The first-order valence-electron chi connectivity index (χ1n) is 19.6. The van der Waals surface area contributed by atoms with Crippen LogP contribution in [-0.2, 0) is 14.3 Å². The van der Waals surface area contributed by atoms with Crippen LogP contribution in [0.3, 0.4) is 0 Å². The third-order valence-electron chi connectivity index (χ3n) is 12.7. The third kappa shape index (κ3) is 6.60. The monoisotopic (exact) mass is 777 g/mol. The molecule has 1 N–H and O–H groups in total. The van der Waals surface area contributed by atoms with E-state index in [1.54, 1.807) is 12.1 Å². The molecule has 9 rings (SSSR count). The molecule has 2 aromatic carbocycles. The summed E-state index contributed by atoms with van der Waals surface area (Å²) in [6.07, 6.45) is 5.56. The number of aromatic nitrogens is 2. The fourth-order valence-corrected chi connectivity index (χ4v) is 9.76. The van der Waals surface area contributed by atoms with Gasteiger partial charge in [-0.1, -0.05) is 17.7 Å². The Labute approximate surface area is 330 Å². The molecule has 1 aromatic heterocycles. The number of carbonyl (C=O) groups excluding carboxylic acids is 4. The predicted molar refractivity (Wildman–Crippen MR) is 210 cm³/mol. The average molecular weight is 778 g/mol. The first kappa shape index (κ1) is 36.4. The minimum absolute atomic E-state index is 0.0749. The topological polar surface area (TPSA) is 136 Å². The third-order valence-corrected chi connectivity index (χ3v) is 13.0. The molecule has 6 aliphatic heterocycles. The van der Waals surface area contributed by atoms with Crippen molar-refractivity contribution in [2.24, 2.45) is 5.41 Å². The number of hydrogen-bond donors (Lipinski definition) is 1. The highest BCUT2D eigenvalue weighted by Gasteiger charge is 2.46. The molecule has 6 aliphatic rings. The lowest BCUT2D eigenvalue weighted by Crippen LogP contribution is -2.54. The molecule has 0 bridgehead atoms. The van der Waals surface area contributed by atoms with Crippen LogP contribution in [0, 0.1) is 12.0 Å². The van der Waals surface area contributed by atoms with E-state index in [1.165, 1.54) is 0 Å². The summed E-state index contributed by atoms with van der Waals surface area (Å²) in [6.45, 7) is 15.5. The fourth-order valence-electron chi connectivity index (χ4n) is 9.54. The van der Waals surface area contributed by atoms with Crippen molar-refractivity contribution in [1.82, 2.24) is 20.4 Å². The van der Waals surface area contributed by atoms with Gasteiger partial charge in [0, 0.05) is 74.7 Å². The van der Waals surface area contributed by atoms with Crippen molar-refractivity contribution in [3.8, 4) is 0 Å². The maximum absolute atomic E-state index is 13.3. The number of benzene rings is 2. The molecule has 14 nitrogen and oxygen atoms in total. The van der Waals surface area contributed by atoms with Crippen LogP contribution in [0.25, 0.3) is 4.85 Å². The van der Waals surface area contributed by atoms with Crippen LogP contribution < -0.4 is 24.9 Å². The van der Waals surface area contributed by atoms with Gasteiger partial charge in [0.2, 0.25) is 17.5 Å². The SMILES string of the molecule is [C-]#[N+]c1ccc(N2CC3(CCN(c4ccc(N5CCC(OC6CN(c7ccc8c(c7)C(=O)N(C7CCC(=O)NC7=O)C8=O)C6)CC5)nn4)CC3)C[C@@H]2C)cc1Cl. The molecular weight excluding hydrogens is 734 g/mol. The molecule has 0 saturated carbocycles. The van der Waals surface area contributed by atoms with Crippen molar-refractivity contribution in [2.45, 2.75) is 76.2 Å². The van der Waals surface area contributed by atoms with Gasteiger partial charge in [0.15, 0.2) is 11.6 Å². The second kappa shape index (κ2) is 14.4. The number of amides is 4. The number of nitrogens with zero attached hydrogens (tertiary/aromatic N) is 8. The first-order chi connectivity index (χ1) is 27.1.